The third kappa shape index (κ3) is 4.46. The van der Waals surface area contributed by atoms with E-state index < -0.39 is 0 Å². The summed E-state index contributed by atoms with van der Waals surface area (Å²) in [7, 11) is 2.00. The third-order valence-corrected chi connectivity index (χ3v) is 3.48. The lowest BCUT2D eigenvalue weighted by molar-refractivity contribution is -0.117. The number of carbonyl (C=O) groups is 1. The molecule has 2 nitrogen and oxygen atoms in total. The Morgan fingerprint density at radius 3 is 2.00 bits per heavy atom. The highest BCUT2D eigenvalue weighted by atomic mass is 16.1. The molecule has 19 heavy (non-hydrogen) atoms. The van der Waals surface area contributed by atoms with Crippen LogP contribution in [-0.2, 0) is 16.8 Å². The molecule has 1 aromatic carbocycles. The van der Waals surface area contributed by atoms with E-state index >= 15 is 0 Å². The van der Waals surface area contributed by atoms with Crippen molar-refractivity contribution in [1.29, 1.82) is 0 Å². The number of ketones is 1. The highest BCUT2D eigenvalue weighted by Crippen LogP contribution is 2.27. The molecule has 0 bridgehead atoms. The Kier molecular flexibility index (Phi) is 4.92. The summed E-state index contributed by atoms with van der Waals surface area (Å²) in [6.07, 6.45) is 0. The first-order valence-electron chi connectivity index (χ1n) is 6.90. The van der Waals surface area contributed by atoms with Crippen LogP contribution in [-0.4, -0.2) is 24.3 Å². The van der Waals surface area contributed by atoms with E-state index in [9.17, 15) is 4.79 Å². The molecule has 0 atom stereocenters. The molecule has 0 N–H and O–H groups in total. The van der Waals surface area contributed by atoms with E-state index in [0.717, 1.165) is 6.54 Å². The van der Waals surface area contributed by atoms with Crippen molar-refractivity contribution in [3.63, 3.8) is 0 Å². The quantitative estimate of drug-likeness (QED) is 0.825. The Bertz CT molecular complexity index is 446. The van der Waals surface area contributed by atoms with Gasteiger partial charge in [0.1, 0.15) is 5.78 Å². The van der Waals surface area contributed by atoms with Gasteiger partial charge in [0.25, 0.3) is 0 Å². The van der Waals surface area contributed by atoms with Crippen molar-refractivity contribution in [2.75, 3.05) is 13.6 Å². The van der Waals surface area contributed by atoms with Gasteiger partial charge in [-0.15, -0.1) is 0 Å². The zero-order chi connectivity index (χ0) is 14.8. The van der Waals surface area contributed by atoms with Gasteiger partial charge in [0.15, 0.2) is 0 Å². The van der Waals surface area contributed by atoms with Crippen molar-refractivity contribution in [1.82, 2.24) is 4.90 Å². The average molecular weight is 261 g/mol. The number of Topliss-reactive ketones (excluding diaryl/α,β-unsaturated/α-hetero) is 1. The number of carbonyl (C=O) groups excluding carboxylic acids is 1. The van der Waals surface area contributed by atoms with Crippen LogP contribution in [0.4, 0.5) is 0 Å². The third-order valence-electron chi connectivity index (χ3n) is 3.48. The maximum Gasteiger partial charge on any atom is 0.143 e. The molecule has 1 aromatic rings. The minimum atomic E-state index is 0.180. The molecule has 0 fully saturated rings. The second-order valence-electron chi connectivity index (χ2n) is 6.71. The van der Waals surface area contributed by atoms with E-state index in [2.05, 4.69) is 51.7 Å². The van der Waals surface area contributed by atoms with E-state index in [0.29, 0.717) is 6.54 Å². The van der Waals surface area contributed by atoms with Crippen LogP contribution >= 0.6 is 0 Å². The lowest BCUT2D eigenvalue weighted by atomic mass is 9.84. The van der Waals surface area contributed by atoms with Crippen molar-refractivity contribution in [2.45, 2.75) is 53.5 Å². The number of hydrogen-bond acceptors (Lipinski definition) is 2. The Hall–Kier alpha value is -1.15. The predicted octanol–water partition coefficient (Wildman–Crippen LogP) is 3.62. The van der Waals surface area contributed by atoms with Crippen LogP contribution in [0.2, 0.25) is 0 Å². The van der Waals surface area contributed by atoms with Gasteiger partial charge < -0.3 is 0 Å². The van der Waals surface area contributed by atoms with Crippen molar-refractivity contribution in [2.24, 2.45) is 0 Å². The minimum absolute atomic E-state index is 0.180. The van der Waals surface area contributed by atoms with Gasteiger partial charge in [-0.25, -0.2) is 0 Å². The van der Waals surface area contributed by atoms with Gasteiger partial charge in [-0.1, -0.05) is 32.9 Å². The molecule has 0 saturated carbocycles. The number of aryl methyl sites for hydroxylation is 2. The normalized spacial score (nSPS) is 12.0. The van der Waals surface area contributed by atoms with Gasteiger partial charge >= 0.3 is 0 Å². The van der Waals surface area contributed by atoms with Crippen LogP contribution in [0.3, 0.4) is 0 Å². The van der Waals surface area contributed by atoms with Crippen LogP contribution in [0.5, 0.6) is 0 Å². The van der Waals surface area contributed by atoms with Crippen molar-refractivity contribution in [3.05, 3.63) is 34.4 Å². The first-order chi connectivity index (χ1) is 8.61. The van der Waals surface area contributed by atoms with Crippen LogP contribution in [0.25, 0.3) is 0 Å². The van der Waals surface area contributed by atoms with Crippen molar-refractivity contribution >= 4 is 5.78 Å². The van der Waals surface area contributed by atoms with E-state index in [-0.39, 0.29) is 11.2 Å². The molecule has 0 heterocycles. The molecule has 0 radical (unpaired) electrons. The van der Waals surface area contributed by atoms with Gasteiger partial charge in [0.2, 0.25) is 0 Å². The standard InChI is InChI=1S/C17H27NO/c1-12-8-15(17(4,5)6)9-13(2)16(12)11-18(7)10-14(3)19/h8-9H,10-11H2,1-7H3. The summed E-state index contributed by atoms with van der Waals surface area (Å²) >= 11 is 0. The number of nitrogens with zero attached hydrogens (tertiary/aromatic N) is 1. The molecule has 0 spiro atoms. The monoisotopic (exact) mass is 261 g/mol. The van der Waals surface area contributed by atoms with Gasteiger partial charge in [0, 0.05) is 6.54 Å². The molecule has 1 rings (SSSR count). The first-order valence-corrected chi connectivity index (χ1v) is 6.90. The Morgan fingerprint density at radius 1 is 1.16 bits per heavy atom. The molecule has 0 aliphatic heterocycles. The van der Waals surface area contributed by atoms with Gasteiger partial charge in [-0.2, -0.15) is 0 Å². The number of rotatable bonds is 4. The largest absolute Gasteiger partial charge is 0.299 e. The van der Waals surface area contributed by atoms with Gasteiger partial charge in [-0.3, -0.25) is 9.69 Å². The molecule has 0 amide bonds. The average Bonchev–Trinajstić information content (AvgIpc) is 2.20. The number of hydrogen-bond donors (Lipinski definition) is 0. The van der Waals surface area contributed by atoms with E-state index in [1.54, 1.807) is 6.92 Å². The first kappa shape index (κ1) is 15.9. The van der Waals surface area contributed by atoms with Gasteiger partial charge in [-0.05, 0) is 55.5 Å². The second-order valence-corrected chi connectivity index (χ2v) is 6.71. The predicted molar refractivity (Wildman–Crippen MR) is 81.6 cm³/mol. The van der Waals surface area contributed by atoms with Crippen molar-refractivity contribution < 1.29 is 4.79 Å². The molecular formula is C17H27NO. The number of benzene rings is 1. The van der Waals surface area contributed by atoms with Gasteiger partial charge in [0.05, 0.1) is 6.54 Å². The molecule has 0 aliphatic carbocycles. The summed E-state index contributed by atoms with van der Waals surface area (Å²) in [6.45, 7) is 14.0. The minimum Gasteiger partial charge on any atom is -0.299 e. The summed E-state index contributed by atoms with van der Waals surface area (Å²) in [5.41, 5.74) is 5.54. The highest BCUT2D eigenvalue weighted by molar-refractivity contribution is 5.77. The summed E-state index contributed by atoms with van der Waals surface area (Å²) in [5.74, 6) is 0.212. The van der Waals surface area contributed by atoms with Crippen LogP contribution < -0.4 is 0 Å². The second kappa shape index (κ2) is 5.87. The topological polar surface area (TPSA) is 20.3 Å². The van der Waals surface area contributed by atoms with E-state index in [1.165, 1.54) is 22.3 Å². The molecule has 0 aliphatic rings. The lowest BCUT2D eigenvalue weighted by Crippen LogP contribution is -2.25. The lowest BCUT2D eigenvalue weighted by Gasteiger charge is -2.24. The summed E-state index contributed by atoms with van der Waals surface area (Å²) < 4.78 is 0. The maximum absolute atomic E-state index is 11.2. The zero-order valence-corrected chi connectivity index (χ0v) is 13.4. The molecular weight excluding hydrogens is 234 g/mol. The highest BCUT2D eigenvalue weighted by Gasteiger charge is 2.17. The van der Waals surface area contributed by atoms with E-state index in [4.69, 9.17) is 0 Å². The zero-order valence-electron chi connectivity index (χ0n) is 13.4. The van der Waals surface area contributed by atoms with E-state index in [1.807, 2.05) is 7.05 Å². The fraction of sp³-hybridized carbons (Fsp3) is 0.588. The summed E-state index contributed by atoms with van der Waals surface area (Å²) in [5, 5.41) is 0. The Morgan fingerprint density at radius 2 is 1.63 bits per heavy atom. The maximum atomic E-state index is 11.2. The van der Waals surface area contributed by atoms with Crippen LogP contribution in [0, 0.1) is 13.8 Å². The molecule has 0 aromatic heterocycles. The molecule has 0 saturated heterocycles. The molecule has 2 heteroatoms. The Labute approximate surface area is 117 Å². The summed E-state index contributed by atoms with van der Waals surface area (Å²) in [6, 6.07) is 4.56. The fourth-order valence-electron chi connectivity index (χ4n) is 2.38. The fourth-order valence-corrected chi connectivity index (χ4v) is 2.38. The Balaban J connectivity index is 3.01. The number of likely N-dealkylation sites (N-methyl/N-ethyl adjacent to an activating group) is 1. The summed E-state index contributed by atoms with van der Waals surface area (Å²) in [4.78, 5) is 13.2. The van der Waals surface area contributed by atoms with Crippen molar-refractivity contribution in [3.8, 4) is 0 Å². The molecule has 0 unspecified atom stereocenters. The van der Waals surface area contributed by atoms with Crippen LogP contribution in [0.15, 0.2) is 12.1 Å². The van der Waals surface area contributed by atoms with Crippen LogP contribution in [0.1, 0.15) is 49.9 Å². The smallest absolute Gasteiger partial charge is 0.143 e. The molecule has 106 valence electrons. The SMILES string of the molecule is CC(=O)CN(C)Cc1c(C)cc(C(C)(C)C)cc1C.